The van der Waals surface area contributed by atoms with Crippen molar-refractivity contribution in [2.75, 3.05) is 25.4 Å². The number of halogens is 1. The number of esters is 1. The molecule has 0 atom stereocenters. The lowest BCUT2D eigenvalue weighted by Crippen LogP contribution is -2.40. The lowest BCUT2D eigenvalue weighted by atomic mass is 9.97. The number of carbonyl (C=O) groups excluding carboxylic acids is 2. The van der Waals surface area contributed by atoms with Crippen LogP contribution in [0.1, 0.15) is 26.2 Å². The molecule has 1 aliphatic rings. The van der Waals surface area contributed by atoms with Crippen LogP contribution in [0, 0.1) is 5.92 Å². The fraction of sp³-hybridized carbons (Fsp3) is 0.529. The van der Waals surface area contributed by atoms with Crippen molar-refractivity contribution in [3.63, 3.8) is 0 Å². The maximum atomic E-state index is 12.2. The van der Waals surface area contributed by atoms with E-state index >= 15 is 0 Å². The van der Waals surface area contributed by atoms with Crippen molar-refractivity contribution in [1.82, 2.24) is 4.90 Å². The van der Waals surface area contributed by atoms with Crippen LogP contribution >= 0.6 is 23.4 Å². The number of thioether (sulfide) groups is 1. The summed E-state index contributed by atoms with van der Waals surface area (Å²) >= 11 is 7.70. The van der Waals surface area contributed by atoms with Crippen LogP contribution < -0.4 is 0 Å². The Morgan fingerprint density at radius 1 is 1.30 bits per heavy atom. The molecular formula is C17H22ClNO3S. The third-order valence-electron chi connectivity index (χ3n) is 3.88. The quantitative estimate of drug-likeness (QED) is 0.577. The van der Waals surface area contributed by atoms with Gasteiger partial charge in [-0.1, -0.05) is 23.7 Å². The van der Waals surface area contributed by atoms with Crippen LogP contribution in [0.3, 0.4) is 0 Å². The summed E-state index contributed by atoms with van der Waals surface area (Å²) in [5.74, 6) is 0.664. The van der Waals surface area contributed by atoms with Crippen molar-refractivity contribution in [3.05, 3.63) is 29.3 Å². The number of carbonyl (C=O) groups is 2. The van der Waals surface area contributed by atoms with Gasteiger partial charge in [0.25, 0.3) is 0 Å². The Labute approximate surface area is 146 Å². The predicted octanol–water partition coefficient (Wildman–Crippen LogP) is 3.62. The average molecular weight is 356 g/mol. The van der Waals surface area contributed by atoms with E-state index in [1.807, 2.05) is 36.1 Å². The first-order valence-electron chi connectivity index (χ1n) is 7.93. The highest BCUT2D eigenvalue weighted by Gasteiger charge is 2.27. The molecule has 1 aliphatic heterocycles. The molecule has 4 nitrogen and oxygen atoms in total. The van der Waals surface area contributed by atoms with Crippen molar-refractivity contribution in [2.45, 2.75) is 31.1 Å². The van der Waals surface area contributed by atoms with Crippen LogP contribution in [-0.2, 0) is 14.3 Å². The number of nitrogens with zero attached hydrogens (tertiary/aromatic N) is 1. The van der Waals surface area contributed by atoms with Crippen LogP contribution in [0.15, 0.2) is 29.2 Å². The van der Waals surface area contributed by atoms with Crippen molar-refractivity contribution in [1.29, 1.82) is 0 Å². The van der Waals surface area contributed by atoms with Crippen molar-refractivity contribution >= 4 is 35.2 Å². The zero-order chi connectivity index (χ0) is 16.7. The van der Waals surface area contributed by atoms with E-state index in [0.717, 1.165) is 9.92 Å². The van der Waals surface area contributed by atoms with Gasteiger partial charge in [0.15, 0.2) is 0 Å². The third-order valence-corrected chi connectivity index (χ3v) is 5.39. The van der Waals surface area contributed by atoms with Gasteiger partial charge in [0.2, 0.25) is 5.91 Å². The molecule has 0 saturated carbocycles. The maximum absolute atomic E-state index is 12.2. The van der Waals surface area contributed by atoms with Crippen LogP contribution in [0.4, 0.5) is 0 Å². The number of rotatable bonds is 6. The van der Waals surface area contributed by atoms with E-state index < -0.39 is 0 Å². The summed E-state index contributed by atoms with van der Waals surface area (Å²) < 4.78 is 5.04. The summed E-state index contributed by atoms with van der Waals surface area (Å²) in [7, 11) is 0. The molecule has 0 N–H and O–H groups in total. The summed E-state index contributed by atoms with van der Waals surface area (Å²) in [4.78, 5) is 26.8. The standard InChI is InChI=1S/C17H22ClNO3S/c1-2-22-17(21)13-7-10-19(11-8-13)16(20)9-12-23-15-6-4-3-5-14(15)18/h3-6,13H,2,7-12H2,1H3. The number of benzene rings is 1. The second kappa shape index (κ2) is 9.18. The molecule has 0 spiro atoms. The highest BCUT2D eigenvalue weighted by Crippen LogP contribution is 2.27. The van der Waals surface area contributed by atoms with E-state index in [1.165, 1.54) is 0 Å². The van der Waals surface area contributed by atoms with E-state index in [-0.39, 0.29) is 17.8 Å². The lowest BCUT2D eigenvalue weighted by Gasteiger charge is -2.31. The highest BCUT2D eigenvalue weighted by molar-refractivity contribution is 7.99. The van der Waals surface area contributed by atoms with E-state index in [0.29, 0.717) is 44.7 Å². The second-order valence-corrected chi connectivity index (χ2v) is 6.98. The Balaban J connectivity index is 1.71. The zero-order valence-electron chi connectivity index (χ0n) is 13.3. The Kier molecular flexibility index (Phi) is 7.24. The van der Waals surface area contributed by atoms with Gasteiger partial charge in [-0.25, -0.2) is 0 Å². The van der Waals surface area contributed by atoms with Gasteiger partial charge in [0, 0.05) is 30.2 Å². The lowest BCUT2D eigenvalue weighted by molar-refractivity contribution is -0.151. The molecule has 0 bridgehead atoms. The molecule has 6 heteroatoms. The number of piperidine rings is 1. The predicted molar refractivity (Wildman–Crippen MR) is 92.7 cm³/mol. The molecule has 0 aliphatic carbocycles. The van der Waals surface area contributed by atoms with Crippen LogP contribution in [0.5, 0.6) is 0 Å². The first-order chi connectivity index (χ1) is 11.1. The number of hydrogen-bond acceptors (Lipinski definition) is 4. The monoisotopic (exact) mass is 355 g/mol. The number of hydrogen-bond donors (Lipinski definition) is 0. The van der Waals surface area contributed by atoms with Gasteiger partial charge >= 0.3 is 5.97 Å². The Bertz CT molecular complexity index is 544. The molecule has 23 heavy (non-hydrogen) atoms. The molecule has 1 aromatic rings. The molecule has 1 heterocycles. The molecule has 1 amide bonds. The molecule has 0 unspecified atom stereocenters. The van der Waals surface area contributed by atoms with Crippen LogP contribution in [-0.4, -0.2) is 42.2 Å². The number of ether oxygens (including phenoxy) is 1. The molecule has 1 fully saturated rings. The van der Waals surface area contributed by atoms with Gasteiger partial charge in [-0.3, -0.25) is 9.59 Å². The fourth-order valence-electron chi connectivity index (χ4n) is 2.59. The molecule has 0 aromatic heterocycles. The topological polar surface area (TPSA) is 46.6 Å². The highest BCUT2D eigenvalue weighted by atomic mass is 35.5. The van der Waals surface area contributed by atoms with Crippen molar-refractivity contribution in [3.8, 4) is 0 Å². The zero-order valence-corrected chi connectivity index (χ0v) is 14.9. The normalized spacial score (nSPS) is 15.5. The average Bonchev–Trinajstić information content (AvgIpc) is 2.57. The summed E-state index contributed by atoms with van der Waals surface area (Å²) in [6, 6.07) is 7.65. The van der Waals surface area contributed by atoms with Gasteiger partial charge in [-0.15, -0.1) is 11.8 Å². The van der Waals surface area contributed by atoms with E-state index in [1.54, 1.807) is 11.8 Å². The van der Waals surface area contributed by atoms with Gasteiger partial charge in [0.1, 0.15) is 0 Å². The first kappa shape index (κ1) is 18.1. The van der Waals surface area contributed by atoms with Crippen LogP contribution in [0.25, 0.3) is 0 Å². The molecule has 2 rings (SSSR count). The van der Waals surface area contributed by atoms with Gasteiger partial charge < -0.3 is 9.64 Å². The molecule has 1 saturated heterocycles. The number of likely N-dealkylation sites (tertiary alicyclic amines) is 1. The minimum atomic E-state index is -0.131. The second-order valence-electron chi connectivity index (χ2n) is 5.44. The van der Waals surface area contributed by atoms with E-state index in [4.69, 9.17) is 16.3 Å². The van der Waals surface area contributed by atoms with Gasteiger partial charge in [-0.05, 0) is 31.9 Å². The Morgan fingerprint density at radius 3 is 2.65 bits per heavy atom. The Morgan fingerprint density at radius 2 is 2.00 bits per heavy atom. The summed E-state index contributed by atoms with van der Waals surface area (Å²) in [6.07, 6.45) is 1.88. The third kappa shape index (κ3) is 5.43. The smallest absolute Gasteiger partial charge is 0.309 e. The fourth-order valence-corrected chi connectivity index (χ4v) is 3.77. The summed E-state index contributed by atoms with van der Waals surface area (Å²) in [5.41, 5.74) is 0. The van der Waals surface area contributed by atoms with E-state index in [2.05, 4.69) is 0 Å². The Hall–Kier alpha value is -1.20. The van der Waals surface area contributed by atoms with Crippen molar-refractivity contribution < 1.29 is 14.3 Å². The summed E-state index contributed by atoms with van der Waals surface area (Å²) in [5, 5.41) is 0.722. The number of amides is 1. The molecule has 1 aromatic carbocycles. The van der Waals surface area contributed by atoms with E-state index in [9.17, 15) is 9.59 Å². The SMILES string of the molecule is CCOC(=O)C1CCN(C(=O)CCSc2ccccc2Cl)CC1. The minimum absolute atomic E-state index is 0.0588. The van der Waals surface area contributed by atoms with Gasteiger partial charge in [0.05, 0.1) is 17.5 Å². The molecular weight excluding hydrogens is 334 g/mol. The largest absolute Gasteiger partial charge is 0.466 e. The van der Waals surface area contributed by atoms with Gasteiger partial charge in [-0.2, -0.15) is 0 Å². The minimum Gasteiger partial charge on any atom is -0.466 e. The first-order valence-corrected chi connectivity index (χ1v) is 9.30. The van der Waals surface area contributed by atoms with Crippen molar-refractivity contribution in [2.24, 2.45) is 5.92 Å². The molecule has 0 radical (unpaired) electrons. The van der Waals surface area contributed by atoms with Crippen LogP contribution in [0.2, 0.25) is 5.02 Å². The summed E-state index contributed by atoms with van der Waals surface area (Å²) in [6.45, 7) is 3.50. The molecule has 126 valence electrons. The maximum Gasteiger partial charge on any atom is 0.309 e.